The van der Waals surface area contributed by atoms with E-state index in [4.69, 9.17) is 4.74 Å². The average Bonchev–Trinajstić information content (AvgIpc) is 3.16. The molecule has 3 amide bonds. The number of carbonyl (C=O) groups excluding carboxylic acids is 2. The van der Waals surface area contributed by atoms with E-state index in [2.05, 4.69) is 4.98 Å². The number of nitrogens with zero attached hydrogens (tertiary/aromatic N) is 2. The summed E-state index contributed by atoms with van der Waals surface area (Å²) in [4.78, 5) is 33.3. The summed E-state index contributed by atoms with van der Waals surface area (Å²) in [6, 6.07) is 13.1. The Labute approximate surface area is 162 Å². The van der Waals surface area contributed by atoms with Crippen LogP contribution in [0.1, 0.15) is 23.7 Å². The van der Waals surface area contributed by atoms with Gasteiger partial charge in [0, 0.05) is 17.4 Å². The summed E-state index contributed by atoms with van der Waals surface area (Å²) in [5.41, 5.74) is 3.33. The Balaban J connectivity index is 1.70. The Morgan fingerprint density at radius 1 is 1.14 bits per heavy atom. The Bertz CT molecular complexity index is 1150. The lowest BCUT2D eigenvalue weighted by atomic mass is 9.87. The predicted molar refractivity (Wildman–Crippen MR) is 107 cm³/mol. The van der Waals surface area contributed by atoms with E-state index >= 15 is 0 Å². The second-order valence-electron chi connectivity index (χ2n) is 7.57. The van der Waals surface area contributed by atoms with Crippen molar-refractivity contribution in [2.24, 2.45) is 0 Å². The van der Waals surface area contributed by atoms with Crippen LogP contribution in [0.5, 0.6) is 5.75 Å². The Kier molecular flexibility index (Phi) is 3.38. The normalized spacial score (nSPS) is 21.2. The van der Waals surface area contributed by atoms with Gasteiger partial charge in [0.15, 0.2) is 5.54 Å². The first-order valence-electron chi connectivity index (χ1n) is 9.37. The lowest BCUT2D eigenvalue weighted by Crippen LogP contribution is -2.49. The Morgan fingerprint density at radius 3 is 2.68 bits per heavy atom. The maximum absolute atomic E-state index is 13.6. The molecule has 1 aromatic heterocycles. The molecule has 2 aromatic carbocycles. The second kappa shape index (κ2) is 5.61. The number of urea groups is 1. The molecule has 0 radical (unpaired) electrons. The largest absolute Gasteiger partial charge is 0.497 e. The van der Waals surface area contributed by atoms with E-state index in [-0.39, 0.29) is 11.9 Å². The number of aromatic amines is 1. The third-order valence-corrected chi connectivity index (χ3v) is 6.12. The van der Waals surface area contributed by atoms with Gasteiger partial charge in [0.1, 0.15) is 5.75 Å². The number of carbonyl (C=O) groups is 2. The highest BCUT2D eigenvalue weighted by atomic mass is 16.5. The highest BCUT2D eigenvalue weighted by Gasteiger charge is 2.59. The van der Waals surface area contributed by atoms with Crippen LogP contribution in [0.4, 0.5) is 10.5 Å². The molecule has 0 bridgehead atoms. The molecule has 0 saturated carbocycles. The van der Waals surface area contributed by atoms with Crippen LogP contribution in [-0.2, 0) is 16.8 Å². The molecule has 1 N–H and O–H groups in total. The van der Waals surface area contributed by atoms with Crippen LogP contribution in [0.2, 0.25) is 0 Å². The lowest BCUT2D eigenvalue weighted by Gasteiger charge is -2.35. The van der Waals surface area contributed by atoms with Crippen molar-refractivity contribution in [3.63, 3.8) is 0 Å². The molecule has 5 rings (SSSR count). The monoisotopic (exact) mass is 375 g/mol. The summed E-state index contributed by atoms with van der Waals surface area (Å²) in [6.45, 7) is 4.26. The zero-order valence-corrected chi connectivity index (χ0v) is 16.1. The summed E-state index contributed by atoms with van der Waals surface area (Å²) in [5.74, 6) is 0.559. The number of benzene rings is 2. The number of aryl methyl sites for hydroxylation is 1. The quantitative estimate of drug-likeness (QED) is 0.694. The molecule has 0 aliphatic carbocycles. The molecule has 0 spiro atoms. The smallest absolute Gasteiger partial charge is 0.332 e. The van der Waals surface area contributed by atoms with Crippen LogP contribution in [0.25, 0.3) is 10.9 Å². The number of para-hydroxylation sites is 1. The van der Waals surface area contributed by atoms with Crippen LogP contribution in [0.3, 0.4) is 0 Å². The molecule has 2 aliphatic heterocycles. The molecular weight excluding hydrogens is 354 g/mol. The molecule has 28 heavy (non-hydrogen) atoms. The first-order valence-corrected chi connectivity index (χ1v) is 9.37. The zero-order valence-electron chi connectivity index (χ0n) is 16.1. The topological polar surface area (TPSA) is 65.6 Å². The number of aromatic nitrogens is 1. The van der Waals surface area contributed by atoms with Crippen molar-refractivity contribution < 1.29 is 14.3 Å². The fraction of sp³-hybridized carbons (Fsp3) is 0.273. The molecule has 6 nitrogen and oxygen atoms in total. The number of ether oxygens (including phenoxy) is 1. The number of methoxy groups -OCH3 is 1. The van der Waals surface area contributed by atoms with Gasteiger partial charge >= 0.3 is 6.03 Å². The Morgan fingerprint density at radius 2 is 1.93 bits per heavy atom. The van der Waals surface area contributed by atoms with E-state index in [1.54, 1.807) is 12.0 Å². The van der Waals surface area contributed by atoms with Gasteiger partial charge < -0.3 is 14.6 Å². The van der Waals surface area contributed by atoms with Crippen molar-refractivity contribution in [1.29, 1.82) is 0 Å². The van der Waals surface area contributed by atoms with E-state index in [9.17, 15) is 9.59 Å². The van der Waals surface area contributed by atoms with E-state index in [1.165, 1.54) is 4.90 Å². The van der Waals surface area contributed by atoms with E-state index < -0.39 is 5.54 Å². The number of fused-ring (bicyclic) bond motifs is 5. The predicted octanol–water partition coefficient (Wildman–Crippen LogP) is 3.73. The number of rotatable bonds is 2. The van der Waals surface area contributed by atoms with Gasteiger partial charge in [-0.05, 0) is 55.7 Å². The van der Waals surface area contributed by atoms with Gasteiger partial charge in [0.2, 0.25) is 0 Å². The van der Waals surface area contributed by atoms with Crippen molar-refractivity contribution in [2.45, 2.75) is 25.8 Å². The third kappa shape index (κ3) is 1.97. The minimum Gasteiger partial charge on any atom is -0.497 e. The highest BCUT2D eigenvalue weighted by Crippen LogP contribution is 2.45. The van der Waals surface area contributed by atoms with Gasteiger partial charge in [-0.3, -0.25) is 4.79 Å². The summed E-state index contributed by atoms with van der Waals surface area (Å²) >= 11 is 0. The maximum atomic E-state index is 13.6. The van der Waals surface area contributed by atoms with Crippen molar-refractivity contribution >= 4 is 28.5 Å². The van der Waals surface area contributed by atoms with Crippen molar-refractivity contribution in [3.05, 3.63) is 59.3 Å². The SMILES string of the molecule is COc1ccc2[nH]c3c(c2c1)CCN1C(=O)N(c2ccccc2C)C(=O)C31C. The molecule has 3 aromatic rings. The van der Waals surface area contributed by atoms with Gasteiger partial charge in [0.05, 0.1) is 18.5 Å². The minimum atomic E-state index is -1.04. The third-order valence-electron chi connectivity index (χ3n) is 6.12. The van der Waals surface area contributed by atoms with Crippen molar-refractivity contribution in [2.75, 3.05) is 18.6 Å². The number of H-pyrrole nitrogens is 1. The fourth-order valence-electron chi connectivity index (χ4n) is 4.57. The van der Waals surface area contributed by atoms with Gasteiger partial charge in [0.25, 0.3) is 5.91 Å². The summed E-state index contributed by atoms with van der Waals surface area (Å²) in [5, 5.41) is 1.05. The second-order valence-corrected chi connectivity index (χ2v) is 7.57. The van der Waals surface area contributed by atoms with Crippen LogP contribution >= 0.6 is 0 Å². The number of amides is 3. The van der Waals surface area contributed by atoms with Crippen molar-refractivity contribution in [3.8, 4) is 5.75 Å². The molecule has 142 valence electrons. The molecule has 1 atom stereocenters. The number of imide groups is 1. The van der Waals surface area contributed by atoms with Crippen LogP contribution in [0, 0.1) is 6.92 Å². The maximum Gasteiger partial charge on any atom is 0.332 e. The summed E-state index contributed by atoms with van der Waals surface area (Å²) < 4.78 is 5.37. The number of anilines is 1. The average molecular weight is 375 g/mol. The Hall–Kier alpha value is -3.28. The van der Waals surface area contributed by atoms with Crippen LogP contribution in [-0.4, -0.2) is 35.5 Å². The van der Waals surface area contributed by atoms with Gasteiger partial charge in [-0.25, -0.2) is 9.69 Å². The van der Waals surface area contributed by atoms with E-state index in [1.807, 2.05) is 56.3 Å². The van der Waals surface area contributed by atoms with Crippen LogP contribution in [0.15, 0.2) is 42.5 Å². The molecule has 2 aliphatic rings. The molecular formula is C22H21N3O3. The standard InChI is InChI=1S/C22H21N3O3/c1-13-6-4-5-7-18(13)25-20(26)22(2)19-15(10-11-24(22)21(25)27)16-12-14(28-3)8-9-17(16)23-19/h4-9,12,23H,10-11H2,1-3H3. The fourth-order valence-corrected chi connectivity index (χ4v) is 4.57. The highest BCUT2D eigenvalue weighted by molar-refractivity contribution is 6.24. The van der Waals surface area contributed by atoms with Gasteiger partial charge in [-0.2, -0.15) is 0 Å². The zero-order chi connectivity index (χ0) is 19.6. The summed E-state index contributed by atoms with van der Waals surface area (Å²) in [7, 11) is 1.64. The van der Waals surface area contributed by atoms with E-state index in [0.29, 0.717) is 18.7 Å². The summed E-state index contributed by atoms with van der Waals surface area (Å²) in [6.07, 6.45) is 0.693. The molecule has 1 unspecified atom stereocenters. The molecule has 1 saturated heterocycles. The first kappa shape index (κ1) is 16.9. The number of hydrogen-bond acceptors (Lipinski definition) is 3. The van der Waals surface area contributed by atoms with Gasteiger partial charge in [-0.1, -0.05) is 18.2 Å². The number of nitrogens with one attached hydrogen (secondary N) is 1. The lowest BCUT2D eigenvalue weighted by molar-refractivity contribution is -0.125. The van der Waals surface area contributed by atoms with E-state index in [0.717, 1.165) is 33.5 Å². The molecule has 1 fully saturated rings. The van der Waals surface area contributed by atoms with Crippen LogP contribution < -0.4 is 9.64 Å². The molecule has 3 heterocycles. The van der Waals surface area contributed by atoms with Gasteiger partial charge in [-0.15, -0.1) is 0 Å². The van der Waals surface area contributed by atoms with Crippen molar-refractivity contribution in [1.82, 2.24) is 9.88 Å². The molecule has 6 heteroatoms. The number of hydrogen-bond donors (Lipinski definition) is 1. The minimum absolute atomic E-state index is 0.216. The first-order chi connectivity index (χ1) is 13.5.